The van der Waals surface area contributed by atoms with Gasteiger partial charge in [0, 0.05) is 5.02 Å². The summed E-state index contributed by atoms with van der Waals surface area (Å²) >= 11 is 5.79. The Morgan fingerprint density at radius 3 is 2.57 bits per heavy atom. The maximum absolute atomic E-state index is 12.8. The fourth-order valence-corrected chi connectivity index (χ4v) is 1.83. The molecule has 0 radical (unpaired) electrons. The molecule has 1 unspecified atom stereocenters. The number of benzene rings is 2. The Morgan fingerprint density at radius 2 is 1.95 bits per heavy atom. The van der Waals surface area contributed by atoms with Gasteiger partial charge in [-0.2, -0.15) is 0 Å². The minimum absolute atomic E-state index is 0.366. The summed E-state index contributed by atoms with van der Waals surface area (Å²) in [7, 11) is 0. The molecule has 6 heteroatoms. The van der Waals surface area contributed by atoms with Gasteiger partial charge in [-0.3, -0.25) is 4.79 Å². The lowest BCUT2D eigenvalue weighted by atomic mass is 10.2. The second kappa shape index (κ2) is 6.45. The number of amides is 1. The Hall–Kier alpha value is -2.27. The summed E-state index contributed by atoms with van der Waals surface area (Å²) < 4.78 is 18.2. The second-order valence-corrected chi connectivity index (χ2v) is 4.87. The zero-order valence-electron chi connectivity index (χ0n) is 11.3. The van der Waals surface area contributed by atoms with Gasteiger partial charge in [0.05, 0.1) is 11.4 Å². The molecule has 0 aliphatic carbocycles. The number of ether oxygens (including phenoxy) is 1. The summed E-state index contributed by atoms with van der Waals surface area (Å²) in [6.07, 6.45) is -0.759. The average molecular weight is 309 g/mol. The highest BCUT2D eigenvalue weighted by Crippen LogP contribution is 2.23. The number of halogens is 2. The van der Waals surface area contributed by atoms with Crippen molar-refractivity contribution in [1.29, 1.82) is 0 Å². The standard InChI is InChI=1S/C15H14ClFN2O2/c1-9(21-12-5-3-11(17)4-6-12)15(20)19-14-7-2-10(16)8-13(14)18/h2-9H,18H2,1H3,(H,19,20). The molecule has 2 aromatic rings. The Morgan fingerprint density at radius 1 is 1.29 bits per heavy atom. The smallest absolute Gasteiger partial charge is 0.265 e. The molecule has 0 aliphatic heterocycles. The molecule has 0 spiro atoms. The first kappa shape index (κ1) is 15.1. The molecule has 4 nitrogen and oxygen atoms in total. The number of nitrogen functional groups attached to an aromatic ring is 1. The van der Waals surface area contributed by atoms with Crippen molar-refractivity contribution in [3.63, 3.8) is 0 Å². The van der Waals surface area contributed by atoms with Gasteiger partial charge >= 0.3 is 0 Å². The number of anilines is 2. The highest BCUT2D eigenvalue weighted by Gasteiger charge is 2.16. The molecule has 0 heterocycles. The highest BCUT2D eigenvalue weighted by molar-refractivity contribution is 6.31. The molecule has 0 bridgehead atoms. The quantitative estimate of drug-likeness (QED) is 0.850. The summed E-state index contributed by atoms with van der Waals surface area (Å²) in [5, 5.41) is 3.13. The van der Waals surface area contributed by atoms with Crippen molar-refractivity contribution in [2.24, 2.45) is 0 Å². The molecule has 3 N–H and O–H groups in total. The predicted molar refractivity (Wildman–Crippen MR) is 81.0 cm³/mol. The molecule has 110 valence electrons. The van der Waals surface area contributed by atoms with Crippen molar-refractivity contribution in [3.05, 3.63) is 53.3 Å². The van der Waals surface area contributed by atoms with Crippen LogP contribution >= 0.6 is 11.6 Å². The Kier molecular flexibility index (Phi) is 4.65. The third-order valence-electron chi connectivity index (χ3n) is 2.77. The van der Waals surface area contributed by atoms with E-state index in [4.69, 9.17) is 22.1 Å². The van der Waals surface area contributed by atoms with E-state index < -0.39 is 6.10 Å². The number of nitrogens with one attached hydrogen (secondary N) is 1. The molecule has 0 fully saturated rings. The minimum atomic E-state index is -0.759. The molecule has 1 amide bonds. The van der Waals surface area contributed by atoms with E-state index in [2.05, 4.69) is 5.32 Å². The van der Waals surface area contributed by atoms with Crippen LogP contribution in [0.5, 0.6) is 5.75 Å². The van der Waals surface area contributed by atoms with Crippen LogP contribution in [0.1, 0.15) is 6.92 Å². The van der Waals surface area contributed by atoms with Crippen LogP contribution in [0, 0.1) is 5.82 Å². The van der Waals surface area contributed by atoms with E-state index in [1.165, 1.54) is 24.3 Å². The van der Waals surface area contributed by atoms with Gasteiger partial charge in [0.15, 0.2) is 6.10 Å². The van der Waals surface area contributed by atoms with E-state index in [1.54, 1.807) is 25.1 Å². The number of rotatable bonds is 4. The van der Waals surface area contributed by atoms with Crippen LogP contribution in [0.3, 0.4) is 0 Å². The molecule has 0 saturated carbocycles. The normalized spacial score (nSPS) is 11.8. The van der Waals surface area contributed by atoms with Crippen LogP contribution in [-0.4, -0.2) is 12.0 Å². The number of hydrogen-bond donors (Lipinski definition) is 2. The Labute approximate surface area is 126 Å². The van der Waals surface area contributed by atoms with Gasteiger partial charge in [0.1, 0.15) is 11.6 Å². The molecule has 0 aromatic heterocycles. The average Bonchev–Trinajstić information content (AvgIpc) is 2.44. The minimum Gasteiger partial charge on any atom is -0.481 e. The molecular weight excluding hydrogens is 295 g/mol. The fourth-order valence-electron chi connectivity index (χ4n) is 1.65. The first-order valence-electron chi connectivity index (χ1n) is 6.24. The van der Waals surface area contributed by atoms with E-state index in [0.29, 0.717) is 22.1 Å². The van der Waals surface area contributed by atoms with Crippen molar-refractivity contribution < 1.29 is 13.9 Å². The van der Waals surface area contributed by atoms with Gasteiger partial charge in [-0.25, -0.2) is 4.39 Å². The van der Waals surface area contributed by atoms with Crippen molar-refractivity contribution in [1.82, 2.24) is 0 Å². The third kappa shape index (κ3) is 4.10. The third-order valence-corrected chi connectivity index (χ3v) is 3.00. The first-order valence-corrected chi connectivity index (χ1v) is 6.61. The lowest BCUT2D eigenvalue weighted by Crippen LogP contribution is -2.30. The number of hydrogen-bond acceptors (Lipinski definition) is 3. The van der Waals surface area contributed by atoms with Crippen molar-refractivity contribution in [3.8, 4) is 5.75 Å². The second-order valence-electron chi connectivity index (χ2n) is 4.43. The van der Waals surface area contributed by atoms with Crippen molar-refractivity contribution in [2.75, 3.05) is 11.1 Å². The van der Waals surface area contributed by atoms with Gasteiger partial charge in [-0.05, 0) is 49.4 Å². The van der Waals surface area contributed by atoms with Crippen LogP contribution in [0.25, 0.3) is 0 Å². The summed E-state index contributed by atoms with van der Waals surface area (Å²) in [6.45, 7) is 1.59. The summed E-state index contributed by atoms with van der Waals surface area (Å²) in [6, 6.07) is 10.2. The maximum atomic E-state index is 12.8. The number of carbonyl (C=O) groups is 1. The monoisotopic (exact) mass is 308 g/mol. The van der Waals surface area contributed by atoms with Crippen LogP contribution in [-0.2, 0) is 4.79 Å². The van der Waals surface area contributed by atoms with Crippen molar-refractivity contribution in [2.45, 2.75) is 13.0 Å². The van der Waals surface area contributed by atoms with Gasteiger partial charge < -0.3 is 15.8 Å². The molecule has 21 heavy (non-hydrogen) atoms. The predicted octanol–water partition coefficient (Wildman–Crippen LogP) is 3.47. The molecule has 0 saturated heterocycles. The van der Waals surface area contributed by atoms with Crippen LogP contribution in [0.4, 0.5) is 15.8 Å². The van der Waals surface area contributed by atoms with E-state index in [-0.39, 0.29) is 11.7 Å². The molecule has 2 rings (SSSR count). The van der Waals surface area contributed by atoms with Gasteiger partial charge in [-0.15, -0.1) is 0 Å². The van der Waals surface area contributed by atoms with Crippen LogP contribution < -0.4 is 15.8 Å². The highest BCUT2D eigenvalue weighted by atomic mass is 35.5. The summed E-state index contributed by atoms with van der Waals surface area (Å²) in [4.78, 5) is 12.0. The van der Waals surface area contributed by atoms with Gasteiger partial charge in [0.2, 0.25) is 0 Å². The Bertz CT molecular complexity index is 647. The SMILES string of the molecule is CC(Oc1ccc(F)cc1)C(=O)Nc1ccc(Cl)cc1N. The summed E-state index contributed by atoms with van der Waals surface area (Å²) in [5.74, 6) is -0.329. The van der Waals surface area contributed by atoms with Crippen LogP contribution in [0.15, 0.2) is 42.5 Å². The Balaban J connectivity index is 2.00. The summed E-state index contributed by atoms with van der Waals surface area (Å²) in [5.41, 5.74) is 6.58. The molecule has 2 aromatic carbocycles. The van der Waals surface area contributed by atoms with Gasteiger partial charge in [-0.1, -0.05) is 11.6 Å². The number of carbonyl (C=O) groups excluding carboxylic acids is 1. The molecule has 0 aliphatic rings. The van der Waals surface area contributed by atoms with E-state index in [1.807, 2.05) is 0 Å². The zero-order chi connectivity index (χ0) is 15.4. The van der Waals surface area contributed by atoms with E-state index >= 15 is 0 Å². The topological polar surface area (TPSA) is 64.3 Å². The first-order chi connectivity index (χ1) is 9.95. The van der Waals surface area contributed by atoms with Crippen molar-refractivity contribution >= 4 is 28.9 Å². The largest absolute Gasteiger partial charge is 0.481 e. The zero-order valence-corrected chi connectivity index (χ0v) is 12.0. The fraction of sp³-hybridized carbons (Fsp3) is 0.133. The number of nitrogens with two attached hydrogens (primary N) is 1. The van der Waals surface area contributed by atoms with Crippen LogP contribution in [0.2, 0.25) is 5.02 Å². The van der Waals surface area contributed by atoms with E-state index in [0.717, 1.165) is 0 Å². The lowest BCUT2D eigenvalue weighted by Gasteiger charge is -2.15. The van der Waals surface area contributed by atoms with E-state index in [9.17, 15) is 9.18 Å². The molecular formula is C15H14ClFN2O2. The maximum Gasteiger partial charge on any atom is 0.265 e. The molecule has 1 atom stereocenters. The van der Waals surface area contributed by atoms with Gasteiger partial charge in [0.25, 0.3) is 5.91 Å². The lowest BCUT2D eigenvalue weighted by molar-refractivity contribution is -0.122.